The molecule has 1 aromatic carbocycles. The molecule has 2 amide bonds. The van der Waals surface area contributed by atoms with Gasteiger partial charge in [0, 0.05) is 63.5 Å². The van der Waals surface area contributed by atoms with Crippen LogP contribution in [0.2, 0.25) is 10.0 Å². The van der Waals surface area contributed by atoms with E-state index in [4.69, 9.17) is 23.2 Å². The van der Waals surface area contributed by atoms with Crippen molar-refractivity contribution in [2.45, 2.75) is 31.9 Å². The van der Waals surface area contributed by atoms with E-state index < -0.39 is 11.9 Å². The topological polar surface area (TPSA) is 78.4 Å². The summed E-state index contributed by atoms with van der Waals surface area (Å²) in [6.45, 7) is 3.81. The summed E-state index contributed by atoms with van der Waals surface area (Å²) in [6, 6.07) is 6.20. The molecule has 0 aliphatic carbocycles. The van der Waals surface area contributed by atoms with Crippen LogP contribution >= 0.6 is 23.2 Å². The van der Waals surface area contributed by atoms with Gasteiger partial charge < -0.3 is 15.1 Å². The third-order valence-electron chi connectivity index (χ3n) is 6.92. The van der Waals surface area contributed by atoms with Crippen molar-refractivity contribution < 1.29 is 22.8 Å². The van der Waals surface area contributed by atoms with Crippen LogP contribution in [0.4, 0.5) is 19.0 Å². The number of carbonyl (C=O) groups excluding carboxylic acids is 2. The van der Waals surface area contributed by atoms with Crippen molar-refractivity contribution in [2.75, 3.05) is 38.0 Å². The molecule has 0 saturated carbocycles. The van der Waals surface area contributed by atoms with E-state index in [1.165, 1.54) is 6.92 Å². The lowest BCUT2D eigenvalue weighted by atomic mass is 9.89. The lowest BCUT2D eigenvalue weighted by molar-refractivity contribution is -0.141. The normalized spacial score (nSPS) is 21.1. The Balaban J connectivity index is 1.49. The molecule has 0 radical (unpaired) electrons. The van der Waals surface area contributed by atoms with Crippen LogP contribution < -0.4 is 5.32 Å². The van der Waals surface area contributed by atoms with Crippen LogP contribution in [0.25, 0.3) is 0 Å². The zero-order valence-corrected chi connectivity index (χ0v) is 21.1. The summed E-state index contributed by atoms with van der Waals surface area (Å²) in [4.78, 5) is 35.7. The summed E-state index contributed by atoms with van der Waals surface area (Å²) in [6.07, 6.45) is -2.48. The fourth-order valence-corrected chi connectivity index (χ4v) is 5.23. The maximum absolute atomic E-state index is 13.4. The first-order valence-electron chi connectivity index (χ1n) is 11.6. The number of amides is 2. The molecule has 4 rings (SSSR count). The number of rotatable bonds is 5. The molecule has 12 heteroatoms. The molecule has 2 aromatic rings. The minimum Gasteiger partial charge on any atom is -0.370 e. The largest absolute Gasteiger partial charge is 0.433 e. The highest BCUT2D eigenvalue weighted by Gasteiger charge is 2.39. The second-order valence-electron chi connectivity index (χ2n) is 9.23. The summed E-state index contributed by atoms with van der Waals surface area (Å²) < 4.78 is 39.1. The van der Waals surface area contributed by atoms with Gasteiger partial charge >= 0.3 is 6.18 Å². The molecule has 2 aliphatic heterocycles. The van der Waals surface area contributed by atoms with E-state index in [1.54, 1.807) is 17.0 Å². The Hall–Kier alpha value is -2.59. The molecule has 2 saturated heterocycles. The van der Waals surface area contributed by atoms with Gasteiger partial charge in [0.25, 0.3) is 0 Å². The molecule has 36 heavy (non-hydrogen) atoms. The van der Waals surface area contributed by atoms with E-state index in [0.29, 0.717) is 55.6 Å². The molecular formula is C24H26Cl2F3N5O2. The maximum atomic E-state index is 13.4. The molecule has 3 heterocycles. The zero-order chi connectivity index (χ0) is 26.0. The standard InChI is InChI=1S/C24H26Cl2F3N5O2/c1-14(35)33-6-4-15(5-7-33)23(36)34-11-17(18(12-34)16-2-3-19(25)20(26)8-16)10-30-22-9-21(24(27,28)29)31-13-32-22/h2-3,8-9,13,15,17-18H,4-7,10-12H2,1H3,(H,30,31,32). The summed E-state index contributed by atoms with van der Waals surface area (Å²) in [5, 5.41) is 3.80. The van der Waals surface area contributed by atoms with Gasteiger partial charge in [-0.1, -0.05) is 29.3 Å². The number of carbonyl (C=O) groups is 2. The first-order valence-corrected chi connectivity index (χ1v) is 12.4. The molecular weight excluding hydrogens is 518 g/mol. The van der Waals surface area contributed by atoms with Gasteiger partial charge in [-0.25, -0.2) is 9.97 Å². The Kier molecular flexibility index (Phi) is 7.94. The van der Waals surface area contributed by atoms with Crippen molar-refractivity contribution in [3.63, 3.8) is 0 Å². The van der Waals surface area contributed by atoms with Crippen molar-refractivity contribution in [2.24, 2.45) is 11.8 Å². The first kappa shape index (κ1) is 26.5. The average Bonchev–Trinajstić information content (AvgIpc) is 3.28. The van der Waals surface area contributed by atoms with Crippen molar-refractivity contribution in [1.82, 2.24) is 19.8 Å². The van der Waals surface area contributed by atoms with Crippen molar-refractivity contribution in [1.29, 1.82) is 0 Å². The first-order chi connectivity index (χ1) is 17.0. The minimum absolute atomic E-state index is 0.00583. The maximum Gasteiger partial charge on any atom is 0.433 e. The monoisotopic (exact) mass is 543 g/mol. The predicted octanol–water partition coefficient (Wildman–Crippen LogP) is 4.71. The quantitative estimate of drug-likeness (QED) is 0.590. The molecule has 0 bridgehead atoms. The van der Waals surface area contributed by atoms with Crippen molar-refractivity contribution >= 4 is 40.8 Å². The summed E-state index contributed by atoms with van der Waals surface area (Å²) in [5.74, 6) is -0.270. The van der Waals surface area contributed by atoms with Crippen LogP contribution in [0.1, 0.15) is 36.9 Å². The average molecular weight is 544 g/mol. The van der Waals surface area contributed by atoms with Gasteiger partial charge in [0.05, 0.1) is 10.0 Å². The fourth-order valence-electron chi connectivity index (χ4n) is 4.92. The van der Waals surface area contributed by atoms with Crippen LogP contribution in [0.15, 0.2) is 30.6 Å². The number of nitrogens with one attached hydrogen (secondary N) is 1. The van der Waals surface area contributed by atoms with Crippen molar-refractivity contribution in [3.8, 4) is 0 Å². The number of likely N-dealkylation sites (tertiary alicyclic amines) is 2. The molecule has 1 aromatic heterocycles. The smallest absolute Gasteiger partial charge is 0.370 e. The zero-order valence-electron chi connectivity index (χ0n) is 19.6. The van der Waals surface area contributed by atoms with Gasteiger partial charge in [-0.2, -0.15) is 13.2 Å². The number of aromatic nitrogens is 2. The van der Waals surface area contributed by atoms with E-state index >= 15 is 0 Å². The Morgan fingerprint density at radius 1 is 1.06 bits per heavy atom. The molecule has 2 atom stereocenters. The van der Waals surface area contributed by atoms with E-state index in [0.717, 1.165) is 18.0 Å². The number of anilines is 1. The van der Waals surface area contributed by atoms with Crippen LogP contribution in [0, 0.1) is 11.8 Å². The number of benzene rings is 1. The highest BCUT2D eigenvalue weighted by Crippen LogP contribution is 2.37. The van der Waals surface area contributed by atoms with Crippen LogP contribution in [-0.2, 0) is 15.8 Å². The number of halogens is 5. The minimum atomic E-state index is -4.57. The van der Waals surface area contributed by atoms with Gasteiger partial charge in [-0.05, 0) is 30.5 Å². The van der Waals surface area contributed by atoms with Crippen LogP contribution in [0.5, 0.6) is 0 Å². The molecule has 2 unspecified atom stereocenters. The number of hydrogen-bond donors (Lipinski definition) is 1. The number of piperidine rings is 1. The molecule has 1 N–H and O–H groups in total. The van der Waals surface area contributed by atoms with E-state index in [1.807, 2.05) is 11.0 Å². The van der Waals surface area contributed by atoms with Crippen LogP contribution in [0.3, 0.4) is 0 Å². The van der Waals surface area contributed by atoms with Gasteiger partial charge in [0.2, 0.25) is 11.8 Å². The Morgan fingerprint density at radius 2 is 1.78 bits per heavy atom. The summed E-state index contributed by atoms with van der Waals surface area (Å²) >= 11 is 12.3. The SMILES string of the molecule is CC(=O)N1CCC(C(=O)N2CC(CNc3cc(C(F)(F)F)ncn3)C(c3ccc(Cl)c(Cl)c3)C2)CC1. The van der Waals surface area contributed by atoms with E-state index in [-0.39, 0.29) is 35.4 Å². The third-order valence-corrected chi connectivity index (χ3v) is 7.66. The summed E-state index contributed by atoms with van der Waals surface area (Å²) in [7, 11) is 0. The highest BCUT2D eigenvalue weighted by atomic mass is 35.5. The van der Waals surface area contributed by atoms with Crippen LogP contribution in [-0.4, -0.2) is 64.3 Å². The second-order valence-corrected chi connectivity index (χ2v) is 10.0. The lowest BCUT2D eigenvalue weighted by Crippen LogP contribution is -2.43. The molecule has 2 aliphatic rings. The van der Waals surface area contributed by atoms with Gasteiger partial charge in [0.1, 0.15) is 17.8 Å². The Morgan fingerprint density at radius 3 is 2.42 bits per heavy atom. The summed E-state index contributed by atoms with van der Waals surface area (Å²) in [5.41, 5.74) is -0.127. The lowest BCUT2D eigenvalue weighted by Gasteiger charge is -2.32. The Labute approximate surface area is 217 Å². The fraction of sp³-hybridized carbons (Fsp3) is 0.500. The molecule has 0 spiro atoms. The molecule has 7 nitrogen and oxygen atoms in total. The Bertz CT molecular complexity index is 1130. The molecule has 2 fully saturated rings. The number of hydrogen-bond acceptors (Lipinski definition) is 5. The van der Waals surface area contributed by atoms with Gasteiger partial charge in [0.15, 0.2) is 0 Å². The van der Waals surface area contributed by atoms with Gasteiger partial charge in [-0.15, -0.1) is 0 Å². The second kappa shape index (κ2) is 10.8. The number of alkyl halides is 3. The third kappa shape index (κ3) is 6.03. The highest BCUT2D eigenvalue weighted by molar-refractivity contribution is 6.42. The van der Waals surface area contributed by atoms with Gasteiger partial charge in [-0.3, -0.25) is 9.59 Å². The molecule has 194 valence electrons. The van der Waals surface area contributed by atoms with E-state index in [2.05, 4.69) is 15.3 Å². The van der Waals surface area contributed by atoms with Crippen molar-refractivity contribution in [3.05, 3.63) is 51.9 Å². The predicted molar refractivity (Wildman–Crippen MR) is 130 cm³/mol. The van der Waals surface area contributed by atoms with E-state index in [9.17, 15) is 22.8 Å². The number of nitrogens with zero attached hydrogens (tertiary/aromatic N) is 4.